The van der Waals surface area contributed by atoms with Gasteiger partial charge in [0.1, 0.15) is 0 Å². The summed E-state index contributed by atoms with van der Waals surface area (Å²) in [6, 6.07) is 0. The molecule has 0 aliphatic heterocycles. The molecular weight excluding hydrogens is 224 g/mol. The molecule has 0 saturated heterocycles. The molecule has 0 saturated carbocycles. The van der Waals surface area contributed by atoms with Gasteiger partial charge >= 0.3 is 0 Å². The summed E-state index contributed by atoms with van der Waals surface area (Å²) < 4.78 is 0. The Labute approximate surface area is 41.3 Å². The number of aliphatic hydroxyl groups excluding tert-OH is 1. The summed E-state index contributed by atoms with van der Waals surface area (Å²) >= 11 is 0. The van der Waals surface area contributed by atoms with Crippen molar-refractivity contribution in [3.05, 3.63) is 7.43 Å². The van der Waals surface area contributed by atoms with Gasteiger partial charge in [-0.15, -0.1) is 0 Å². The van der Waals surface area contributed by atoms with Gasteiger partial charge in [0.25, 0.3) is 0 Å². The third kappa shape index (κ3) is 17.1. The fourth-order valence-electron chi connectivity index (χ4n) is 0. The van der Waals surface area contributed by atoms with E-state index in [1.54, 1.807) is 0 Å². The zero-order valence-electron chi connectivity index (χ0n) is 2.86. The van der Waals surface area contributed by atoms with Crippen LogP contribution in [-0.2, 0) is 21.1 Å². The fourth-order valence-corrected chi connectivity index (χ4v) is 0. The third-order valence-corrected chi connectivity index (χ3v) is 0. The minimum atomic E-state index is 0. The molecule has 0 spiro atoms. The maximum absolute atomic E-state index is 7.00. The minimum Gasteiger partial charge on any atom is -0.400 e. The molecular formula is C2H7OW-. The van der Waals surface area contributed by atoms with E-state index in [2.05, 4.69) is 0 Å². The Bertz CT molecular complexity index is 6.00. The van der Waals surface area contributed by atoms with Crippen molar-refractivity contribution in [1.82, 2.24) is 0 Å². The van der Waals surface area contributed by atoms with E-state index in [0.717, 1.165) is 7.11 Å². The zero-order valence-corrected chi connectivity index (χ0v) is 5.79. The quantitative estimate of drug-likeness (QED) is 0.584. The van der Waals surface area contributed by atoms with Gasteiger partial charge in [0.15, 0.2) is 0 Å². The van der Waals surface area contributed by atoms with E-state index < -0.39 is 0 Å². The van der Waals surface area contributed by atoms with Crippen LogP contribution in [0.2, 0.25) is 0 Å². The van der Waals surface area contributed by atoms with Gasteiger partial charge in [0.2, 0.25) is 0 Å². The van der Waals surface area contributed by atoms with E-state index in [1.165, 1.54) is 0 Å². The summed E-state index contributed by atoms with van der Waals surface area (Å²) in [5.41, 5.74) is 0. The van der Waals surface area contributed by atoms with Crippen molar-refractivity contribution in [1.29, 1.82) is 0 Å². The van der Waals surface area contributed by atoms with Crippen LogP contribution >= 0.6 is 0 Å². The molecule has 0 fully saturated rings. The van der Waals surface area contributed by atoms with E-state index in [9.17, 15) is 0 Å². The van der Waals surface area contributed by atoms with Crippen LogP contribution in [0.1, 0.15) is 0 Å². The Morgan fingerprint density at radius 1 is 1.25 bits per heavy atom. The molecule has 0 aliphatic rings. The molecule has 1 N–H and O–H groups in total. The number of hydrogen-bond donors (Lipinski definition) is 1. The fraction of sp³-hybridized carbons (Fsp3) is 0.500. The Morgan fingerprint density at radius 3 is 1.25 bits per heavy atom. The maximum atomic E-state index is 7.00. The molecule has 1 nitrogen and oxygen atoms in total. The Kier molecular flexibility index (Phi) is 347. The summed E-state index contributed by atoms with van der Waals surface area (Å²) in [5.74, 6) is 0. The Hall–Kier alpha value is 0.648. The van der Waals surface area contributed by atoms with E-state index in [4.69, 9.17) is 5.11 Å². The largest absolute Gasteiger partial charge is 0.400 e. The monoisotopic (exact) mass is 231 g/mol. The van der Waals surface area contributed by atoms with Gasteiger partial charge in [-0.2, -0.15) is 0 Å². The van der Waals surface area contributed by atoms with E-state index >= 15 is 0 Å². The molecule has 0 heterocycles. The summed E-state index contributed by atoms with van der Waals surface area (Å²) in [6.45, 7) is 0. The molecule has 0 atom stereocenters. The summed E-state index contributed by atoms with van der Waals surface area (Å²) in [6.07, 6.45) is 0. The van der Waals surface area contributed by atoms with Crippen molar-refractivity contribution in [3.8, 4) is 0 Å². The average Bonchev–Trinajstić information content (AvgIpc) is 1.00. The van der Waals surface area contributed by atoms with Crippen molar-refractivity contribution in [2.24, 2.45) is 0 Å². The minimum absolute atomic E-state index is 0. The number of rotatable bonds is 0. The van der Waals surface area contributed by atoms with Crippen LogP contribution in [0.15, 0.2) is 0 Å². The Balaban J connectivity index is -0.00000000500. The molecule has 0 aromatic carbocycles. The van der Waals surface area contributed by atoms with Gasteiger partial charge in [-0.3, -0.25) is 0 Å². The van der Waals surface area contributed by atoms with Crippen LogP contribution in [0.25, 0.3) is 0 Å². The second kappa shape index (κ2) is 60.9. The average molecular weight is 231 g/mol. The van der Waals surface area contributed by atoms with E-state index in [0.29, 0.717) is 0 Å². The Morgan fingerprint density at radius 2 is 1.25 bits per heavy atom. The summed E-state index contributed by atoms with van der Waals surface area (Å²) in [4.78, 5) is 0. The van der Waals surface area contributed by atoms with Crippen LogP contribution in [0.5, 0.6) is 0 Å². The number of hydrogen-bond acceptors (Lipinski definition) is 1. The molecule has 0 amide bonds. The molecule has 0 aromatic rings. The van der Waals surface area contributed by atoms with Gasteiger partial charge in [-0.25, -0.2) is 0 Å². The van der Waals surface area contributed by atoms with Crippen LogP contribution in [0.4, 0.5) is 0 Å². The molecule has 0 radical (unpaired) electrons. The van der Waals surface area contributed by atoms with Gasteiger partial charge in [0, 0.05) is 28.2 Å². The van der Waals surface area contributed by atoms with Crippen LogP contribution in [0.3, 0.4) is 0 Å². The van der Waals surface area contributed by atoms with Crippen molar-refractivity contribution in [2.75, 3.05) is 7.11 Å². The number of aliphatic hydroxyl groups is 1. The first-order valence-electron chi connectivity index (χ1n) is 0.447. The zero-order chi connectivity index (χ0) is 2.00. The first-order chi connectivity index (χ1) is 1.00. The second-order valence-corrected chi connectivity index (χ2v) is 0. The van der Waals surface area contributed by atoms with Crippen LogP contribution < -0.4 is 0 Å². The maximum Gasteiger partial charge on any atom is 0.0319 e. The molecule has 0 aromatic heterocycles. The molecule has 2 heteroatoms. The molecule has 0 aliphatic carbocycles. The smallest absolute Gasteiger partial charge is 0.0319 e. The van der Waals surface area contributed by atoms with Gasteiger partial charge in [0.05, 0.1) is 0 Å². The molecule has 0 unspecified atom stereocenters. The van der Waals surface area contributed by atoms with Gasteiger partial charge in [-0.05, 0) is 0 Å². The van der Waals surface area contributed by atoms with Crippen LogP contribution in [-0.4, -0.2) is 12.2 Å². The second-order valence-electron chi connectivity index (χ2n) is 0. The standard InChI is InChI=1S/CH4O.CH3.W/c1-2;;/h2H,1H3;1H3;/q;-1;. The molecule has 4 heavy (non-hydrogen) atoms. The normalized spacial score (nSPS) is 1.50. The molecule has 28 valence electrons. The van der Waals surface area contributed by atoms with Crippen LogP contribution in [0, 0.1) is 7.43 Å². The van der Waals surface area contributed by atoms with Gasteiger partial charge < -0.3 is 12.5 Å². The SMILES string of the molecule is CO.[CH3-].[W]. The van der Waals surface area contributed by atoms with E-state index in [1.807, 2.05) is 0 Å². The molecule has 0 rings (SSSR count). The summed E-state index contributed by atoms with van der Waals surface area (Å²) in [7, 11) is 1.00. The predicted octanol–water partition coefficient (Wildman–Crippen LogP) is 0.0563. The van der Waals surface area contributed by atoms with E-state index in [-0.39, 0.29) is 28.5 Å². The predicted molar refractivity (Wildman–Crippen MR) is 14.6 cm³/mol. The topological polar surface area (TPSA) is 20.2 Å². The van der Waals surface area contributed by atoms with Crippen molar-refractivity contribution < 1.29 is 26.2 Å². The van der Waals surface area contributed by atoms with Crippen molar-refractivity contribution in [3.63, 3.8) is 0 Å². The third-order valence-electron chi connectivity index (χ3n) is 0. The van der Waals surface area contributed by atoms with Gasteiger partial charge in [-0.1, -0.05) is 0 Å². The first-order valence-corrected chi connectivity index (χ1v) is 0.447. The van der Waals surface area contributed by atoms with Crippen molar-refractivity contribution in [2.45, 2.75) is 0 Å². The summed E-state index contributed by atoms with van der Waals surface area (Å²) in [5, 5.41) is 7.00. The first kappa shape index (κ1) is 22.8. The van der Waals surface area contributed by atoms with Crippen molar-refractivity contribution >= 4 is 0 Å². The molecule has 0 bridgehead atoms.